The third kappa shape index (κ3) is 3.81. The number of rotatable bonds is 4. The van der Waals surface area contributed by atoms with Crippen LogP contribution in [0.3, 0.4) is 0 Å². The van der Waals surface area contributed by atoms with Crippen LogP contribution in [0.4, 0.5) is 0 Å². The van der Waals surface area contributed by atoms with Crippen molar-refractivity contribution in [2.75, 3.05) is 14.1 Å². The fourth-order valence-electron chi connectivity index (χ4n) is 4.07. The van der Waals surface area contributed by atoms with Gasteiger partial charge in [0.1, 0.15) is 11.2 Å². The fourth-order valence-corrected chi connectivity index (χ4v) is 4.99. The molecule has 4 rings (SSSR count). The molecule has 158 valence electrons. The number of amides is 2. The number of benzene rings is 2. The molecule has 0 spiro atoms. The smallest absolute Gasteiger partial charge is 0.271 e. The van der Waals surface area contributed by atoms with E-state index in [1.54, 1.807) is 30.3 Å². The van der Waals surface area contributed by atoms with Gasteiger partial charge < -0.3 is 9.80 Å². The molecule has 1 atom stereocenters. The summed E-state index contributed by atoms with van der Waals surface area (Å²) in [5.41, 5.74) is 2.46. The van der Waals surface area contributed by atoms with E-state index in [4.69, 9.17) is 0 Å². The molecule has 1 aromatic heterocycles. The van der Waals surface area contributed by atoms with Gasteiger partial charge in [-0.1, -0.05) is 54.6 Å². The molecule has 1 aliphatic heterocycles. The highest BCUT2D eigenvalue weighted by molar-refractivity contribution is 7.15. The monoisotopic (exact) mass is 430 g/mol. The predicted octanol–water partition coefficient (Wildman–Crippen LogP) is 5.00. The first-order chi connectivity index (χ1) is 14.8. The summed E-state index contributed by atoms with van der Waals surface area (Å²) in [6.45, 7) is 3.92. The van der Waals surface area contributed by atoms with Gasteiger partial charge in [0, 0.05) is 30.3 Å². The lowest BCUT2D eigenvalue weighted by molar-refractivity contribution is -0.155. The highest BCUT2D eigenvalue weighted by Gasteiger charge is 2.48. The molecular weight excluding hydrogens is 404 g/mol. The van der Waals surface area contributed by atoms with Gasteiger partial charge >= 0.3 is 0 Å². The van der Waals surface area contributed by atoms with Crippen LogP contribution in [0.15, 0.2) is 72.4 Å². The normalized spacial score (nSPS) is 20.6. The van der Waals surface area contributed by atoms with Crippen LogP contribution >= 0.6 is 11.3 Å². The van der Waals surface area contributed by atoms with Gasteiger partial charge in [0.2, 0.25) is 0 Å². The van der Waals surface area contributed by atoms with Gasteiger partial charge in [-0.05, 0) is 48.7 Å². The third-order valence-electron chi connectivity index (χ3n) is 6.04. The summed E-state index contributed by atoms with van der Waals surface area (Å²) >= 11 is 1.72. The van der Waals surface area contributed by atoms with E-state index in [0.717, 1.165) is 21.6 Å². The Kier molecular flexibility index (Phi) is 5.54. The Morgan fingerprint density at radius 2 is 1.61 bits per heavy atom. The van der Waals surface area contributed by atoms with Crippen molar-refractivity contribution in [3.8, 4) is 10.4 Å². The summed E-state index contributed by atoms with van der Waals surface area (Å²) in [4.78, 5) is 32.3. The molecule has 0 radical (unpaired) electrons. The Bertz CT molecular complexity index is 1160. The van der Waals surface area contributed by atoms with Gasteiger partial charge in [-0.15, -0.1) is 11.3 Å². The van der Waals surface area contributed by atoms with E-state index < -0.39 is 5.54 Å². The zero-order chi connectivity index (χ0) is 22.2. The second kappa shape index (κ2) is 8.16. The van der Waals surface area contributed by atoms with Gasteiger partial charge in [-0.2, -0.15) is 0 Å². The topological polar surface area (TPSA) is 40.6 Å². The van der Waals surface area contributed by atoms with Crippen LogP contribution in [0.5, 0.6) is 0 Å². The maximum absolute atomic E-state index is 13.5. The van der Waals surface area contributed by atoms with Crippen LogP contribution in [0.2, 0.25) is 0 Å². The van der Waals surface area contributed by atoms with Crippen molar-refractivity contribution in [2.24, 2.45) is 0 Å². The van der Waals surface area contributed by atoms with Crippen LogP contribution in [-0.4, -0.2) is 41.2 Å². The first kappa shape index (κ1) is 21.1. The lowest BCUT2D eigenvalue weighted by Gasteiger charge is -2.45. The number of hydrogen-bond acceptors (Lipinski definition) is 3. The second-order valence-electron chi connectivity index (χ2n) is 8.19. The number of carbonyl (C=O) groups excluding carboxylic acids is 2. The van der Waals surface area contributed by atoms with Crippen molar-refractivity contribution < 1.29 is 9.59 Å². The molecule has 3 aromatic rings. The molecule has 0 aliphatic carbocycles. The zero-order valence-electron chi connectivity index (χ0n) is 18.3. The molecule has 2 amide bonds. The van der Waals surface area contributed by atoms with Crippen LogP contribution < -0.4 is 0 Å². The van der Waals surface area contributed by atoms with E-state index in [0.29, 0.717) is 12.1 Å². The Balaban J connectivity index is 1.72. The Labute approximate surface area is 187 Å². The average Bonchev–Trinajstić information content (AvgIpc) is 3.21. The molecule has 1 aliphatic rings. The number of likely N-dealkylation sites (N-methyl/N-ethyl adjacent to an activating group) is 2. The fraction of sp³-hybridized carbons (Fsp3) is 0.231. The summed E-state index contributed by atoms with van der Waals surface area (Å²) < 4.78 is 0. The molecule has 31 heavy (non-hydrogen) atoms. The third-order valence-corrected chi connectivity index (χ3v) is 7.07. The van der Waals surface area contributed by atoms with E-state index in [-0.39, 0.29) is 11.8 Å². The minimum Gasteiger partial charge on any atom is -0.326 e. The molecule has 1 saturated heterocycles. The van der Waals surface area contributed by atoms with Gasteiger partial charge in [0.25, 0.3) is 11.8 Å². The quantitative estimate of drug-likeness (QED) is 0.547. The number of piperazine rings is 1. The molecule has 1 fully saturated rings. The Morgan fingerprint density at radius 3 is 2.29 bits per heavy atom. The summed E-state index contributed by atoms with van der Waals surface area (Å²) in [6, 6.07) is 22.0. The van der Waals surface area contributed by atoms with Crippen molar-refractivity contribution >= 4 is 29.2 Å². The summed E-state index contributed by atoms with van der Waals surface area (Å²) in [5.74, 6) is -0.244. The van der Waals surface area contributed by atoms with Gasteiger partial charge in [0.05, 0.1) is 0 Å². The van der Waals surface area contributed by atoms with Crippen molar-refractivity contribution in [3.05, 3.63) is 88.4 Å². The number of aryl methyl sites for hydroxylation is 1. The van der Waals surface area contributed by atoms with Crippen LogP contribution in [0, 0.1) is 6.92 Å². The Morgan fingerprint density at radius 1 is 0.935 bits per heavy atom. The summed E-state index contributed by atoms with van der Waals surface area (Å²) in [7, 11) is 3.42. The van der Waals surface area contributed by atoms with Gasteiger partial charge in [-0.3, -0.25) is 9.59 Å². The number of thiophene rings is 1. The SMILES string of the molecule is Cc1ccc(-c2ccccc2C=C2C(=O)N(C)C(C)(Cc3ccccc3)C(=O)N2C)s1. The highest BCUT2D eigenvalue weighted by atomic mass is 32.1. The molecule has 0 saturated carbocycles. The van der Waals surface area contributed by atoms with Crippen molar-refractivity contribution in [3.63, 3.8) is 0 Å². The minimum atomic E-state index is -0.936. The van der Waals surface area contributed by atoms with Crippen LogP contribution in [0.1, 0.15) is 22.9 Å². The van der Waals surface area contributed by atoms with Crippen LogP contribution in [0.25, 0.3) is 16.5 Å². The lowest BCUT2D eigenvalue weighted by Crippen LogP contribution is -2.64. The van der Waals surface area contributed by atoms with Gasteiger partial charge in [0.15, 0.2) is 0 Å². The van der Waals surface area contributed by atoms with Crippen LogP contribution in [-0.2, 0) is 16.0 Å². The van der Waals surface area contributed by atoms with E-state index in [9.17, 15) is 9.59 Å². The maximum atomic E-state index is 13.5. The van der Waals surface area contributed by atoms with Crippen molar-refractivity contribution in [1.82, 2.24) is 9.80 Å². The number of carbonyl (C=O) groups is 2. The summed E-state index contributed by atoms with van der Waals surface area (Å²) in [6.07, 6.45) is 2.31. The first-order valence-corrected chi connectivity index (χ1v) is 11.1. The molecule has 5 heteroatoms. The molecule has 2 aromatic carbocycles. The van der Waals surface area contributed by atoms with E-state index in [1.165, 1.54) is 9.78 Å². The molecule has 4 nitrogen and oxygen atoms in total. The van der Waals surface area contributed by atoms with Crippen molar-refractivity contribution in [2.45, 2.75) is 25.8 Å². The minimum absolute atomic E-state index is 0.0887. The van der Waals surface area contributed by atoms with Gasteiger partial charge in [-0.25, -0.2) is 0 Å². The predicted molar refractivity (Wildman–Crippen MR) is 127 cm³/mol. The molecule has 2 heterocycles. The van der Waals surface area contributed by atoms with E-state index in [1.807, 2.05) is 61.5 Å². The highest BCUT2D eigenvalue weighted by Crippen LogP contribution is 2.34. The standard InChI is InChI=1S/C26H26N2O2S/c1-18-14-15-23(31-18)21-13-9-8-12-20(21)16-22-24(29)28(4)26(2,25(30)27(22)3)17-19-10-6-5-7-11-19/h5-16H,17H2,1-4H3. The molecule has 0 N–H and O–H groups in total. The zero-order valence-corrected chi connectivity index (χ0v) is 19.1. The Hall–Kier alpha value is -3.18. The molecule has 0 bridgehead atoms. The average molecular weight is 431 g/mol. The molecule has 1 unspecified atom stereocenters. The number of nitrogens with zero attached hydrogens (tertiary/aromatic N) is 2. The summed E-state index contributed by atoms with van der Waals surface area (Å²) in [5, 5.41) is 0. The largest absolute Gasteiger partial charge is 0.326 e. The van der Waals surface area contributed by atoms with E-state index in [2.05, 4.69) is 25.1 Å². The first-order valence-electron chi connectivity index (χ1n) is 10.3. The lowest BCUT2D eigenvalue weighted by atomic mass is 9.87. The maximum Gasteiger partial charge on any atom is 0.271 e. The number of hydrogen-bond donors (Lipinski definition) is 0. The van der Waals surface area contributed by atoms with E-state index >= 15 is 0 Å². The van der Waals surface area contributed by atoms with Crippen molar-refractivity contribution in [1.29, 1.82) is 0 Å². The molecular formula is C26H26N2O2S. The second-order valence-corrected chi connectivity index (χ2v) is 9.48.